The first kappa shape index (κ1) is 11.7. The number of amides is 1. The molecular weight excluding hydrogens is 196 g/mol. The molecule has 0 unspecified atom stereocenters. The second kappa shape index (κ2) is 6.15. The van der Waals surface area contributed by atoms with Crippen LogP contribution >= 0.6 is 0 Å². The molecule has 0 aliphatic carbocycles. The summed E-state index contributed by atoms with van der Waals surface area (Å²) in [5.74, 6) is -0.307. The lowest BCUT2D eigenvalue weighted by Crippen LogP contribution is -2.21. The van der Waals surface area contributed by atoms with E-state index in [1.54, 1.807) is 10.9 Å². The van der Waals surface area contributed by atoms with Gasteiger partial charge in [-0.3, -0.25) is 9.48 Å². The number of primary amides is 1. The van der Waals surface area contributed by atoms with Crippen LogP contribution < -0.4 is 11.1 Å². The fourth-order valence-electron chi connectivity index (χ4n) is 1.17. The molecule has 0 saturated carbocycles. The Bertz CT molecular complexity index is 311. The van der Waals surface area contributed by atoms with Crippen LogP contribution in [-0.2, 0) is 17.9 Å². The van der Waals surface area contributed by atoms with Crippen molar-refractivity contribution in [1.82, 2.24) is 15.1 Å². The van der Waals surface area contributed by atoms with Crippen molar-refractivity contribution in [1.29, 1.82) is 0 Å². The van der Waals surface area contributed by atoms with Gasteiger partial charge in [-0.1, -0.05) is 0 Å². The van der Waals surface area contributed by atoms with Crippen molar-refractivity contribution in [2.45, 2.75) is 19.5 Å². The molecule has 84 valence electrons. The number of hydrogen-bond acceptors (Lipinski definition) is 4. The minimum atomic E-state index is -0.307. The molecule has 1 heterocycles. The minimum Gasteiger partial charge on any atom is -0.394 e. The Morgan fingerprint density at radius 1 is 1.67 bits per heavy atom. The number of aliphatic hydroxyl groups excluding tert-OH is 1. The number of aromatic nitrogens is 2. The smallest absolute Gasteiger partial charge is 0.218 e. The molecular formula is C9H16N4O2. The molecule has 1 amide bonds. The Balaban J connectivity index is 2.22. The zero-order chi connectivity index (χ0) is 11.1. The molecule has 0 aromatic carbocycles. The predicted molar refractivity (Wildman–Crippen MR) is 54.8 cm³/mol. The van der Waals surface area contributed by atoms with Crippen LogP contribution in [0.1, 0.15) is 12.0 Å². The summed E-state index contributed by atoms with van der Waals surface area (Å²) in [5.41, 5.74) is 6.01. The van der Waals surface area contributed by atoms with Gasteiger partial charge in [-0.15, -0.1) is 0 Å². The molecule has 1 rings (SSSR count). The summed E-state index contributed by atoms with van der Waals surface area (Å²) in [6.45, 7) is 1.80. The van der Waals surface area contributed by atoms with E-state index >= 15 is 0 Å². The third kappa shape index (κ3) is 4.57. The van der Waals surface area contributed by atoms with Crippen LogP contribution in [0.5, 0.6) is 0 Å². The third-order valence-corrected chi connectivity index (χ3v) is 1.89. The fourth-order valence-corrected chi connectivity index (χ4v) is 1.17. The summed E-state index contributed by atoms with van der Waals surface area (Å²) in [5, 5.41) is 15.8. The fraction of sp³-hybridized carbons (Fsp3) is 0.556. The first-order chi connectivity index (χ1) is 7.22. The number of nitrogens with one attached hydrogen (secondary N) is 1. The van der Waals surface area contributed by atoms with E-state index in [1.807, 2.05) is 6.20 Å². The zero-order valence-electron chi connectivity index (χ0n) is 8.52. The number of carbonyl (C=O) groups is 1. The van der Waals surface area contributed by atoms with Gasteiger partial charge in [0.15, 0.2) is 0 Å². The molecule has 0 spiro atoms. The molecule has 0 bridgehead atoms. The van der Waals surface area contributed by atoms with E-state index in [0.717, 1.165) is 5.56 Å². The highest BCUT2D eigenvalue weighted by molar-refractivity contribution is 5.73. The van der Waals surface area contributed by atoms with Gasteiger partial charge in [-0.2, -0.15) is 5.10 Å². The normalized spacial score (nSPS) is 10.5. The van der Waals surface area contributed by atoms with Crippen molar-refractivity contribution in [2.75, 3.05) is 13.2 Å². The number of nitrogens with zero attached hydrogens (tertiary/aromatic N) is 2. The van der Waals surface area contributed by atoms with E-state index < -0.39 is 0 Å². The lowest BCUT2D eigenvalue weighted by molar-refractivity contribution is -0.117. The summed E-state index contributed by atoms with van der Waals surface area (Å²) >= 11 is 0. The molecule has 6 nitrogen and oxygen atoms in total. The van der Waals surface area contributed by atoms with Crippen LogP contribution in [0, 0.1) is 0 Å². The Morgan fingerprint density at radius 2 is 2.47 bits per heavy atom. The molecule has 0 radical (unpaired) electrons. The zero-order valence-corrected chi connectivity index (χ0v) is 8.52. The van der Waals surface area contributed by atoms with Gasteiger partial charge in [0.25, 0.3) is 0 Å². The van der Waals surface area contributed by atoms with Gasteiger partial charge in [0, 0.05) is 31.3 Å². The molecule has 0 aliphatic heterocycles. The molecule has 0 fully saturated rings. The quantitative estimate of drug-likeness (QED) is 0.497. The van der Waals surface area contributed by atoms with Gasteiger partial charge >= 0.3 is 0 Å². The number of aliphatic hydroxyl groups is 1. The van der Waals surface area contributed by atoms with Gasteiger partial charge in [0.05, 0.1) is 19.3 Å². The van der Waals surface area contributed by atoms with Crippen molar-refractivity contribution in [3.8, 4) is 0 Å². The highest BCUT2D eigenvalue weighted by atomic mass is 16.3. The van der Waals surface area contributed by atoms with Crippen molar-refractivity contribution in [3.63, 3.8) is 0 Å². The predicted octanol–water partition coefficient (Wildman–Crippen LogP) is -1.16. The van der Waals surface area contributed by atoms with E-state index in [0.29, 0.717) is 26.1 Å². The number of carbonyl (C=O) groups excluding carboxylic acids is 1. The molecule has 1 aromatic heterocycles. The van der Waals surface area contributed by atoms with Gasteiger partial charge in [0.1, 0.15) is 0 Å². The molecule has 15 heavy (non-hydrogen) atoms. The summed E-state index contributed by atoms with van der Waals surface area (Å²) in [7, 11) is 0. The number of hydrogen-bond donors (Lipinski definition) is 3. The molecule has 0 saturated heterocycles. The first-order valence-corrected chi connectivity index (χ1v) is 4.83. The van der Waals surface area contributed by atoms with Crippen molar-refractivity contribution in [2.24, 2.45) is 5.73 Å². The van der Waals surface area contributed by atoms with Gasteiger partial charge in [0.2, 0.25) is 5.91 Å². The monoisotopic (exact) mass is 212 g/mol. The summed E-state index contributed by atoms with van der Waals surface area (Å²) in [6.07, 6.45) is 3.92. The van der Waals surface area contributed by atoms with Gasteiger partial charge in [-0.05, 0) is 0 Å². The van der Waals surface area contributed by atoms with Crippen LogP contribution in [0.15, 0.2) is 12.4 Å². The Kier molecular flexibility index (Phi) is 4.79. The summed E-state index contributed by atoms with van der Waals surface area (Å²) in [6, 6.07) is 0. The highest BCUT2D eigenvalue weighted by Crippen LogP contribution is 1.96. The Labute approximate surface area is 88.1 Å². The van der Waals surface area contributed by atoms with Crippen molar-refractivity contribution in [3.05, 3.63) is 18.0 Å². The van der Waals surface area contributed by atoms with Crippen molar-refractivity contribution >= 4 is 5.91 Å². The van der Waals surface area contributed by atoms with Crippen LogP contribution in [0.4, 0.5) is 0 Å². The average Bonchev–Trinajstić information content (AvgIpc) is 2.61. The van der Waals surface area contributed by atoms with E-state index in [1.165, 1.54) is 0 Å². The lowest BCUT2D eigenvalue weighted by atomic mass is 10.3. The third-order valence-electron chi connectivity index (χ3n) is 1.89. The Morgan fingerprint density at radius 3 is 3.13 bits per heavy atom. The molecule has 0 aliphatic rings. The topological polar surface area (TPSA) is 93.2 Å². The second-order valence-corrected chi connectivity index (χ2v) is 3.23. The van der Waals surface area contributed by atoms with E-state index in [4.69, 9.17) is 10.8 Å². The van der Waals surface area contributed by atoms with Crippen LogP contribution in [0.3, 0.4) is 0 Å². The van der Waals surface area contributed by atoms with E-state index in [9.17, 15) is 4.79 Å². The maximum atomic E-state index is 10.4. The molecule has 0 atom stereocenters. The van der Waals surface area contributed by atoms with Crippen molar-refractivity contribution < 1.29 is 9.90 Å². The second-order valence-electron chi connectivity index (χ2n) is 3.23. The van der Waals surface area contributed by atoms with Gasteiger partial charge in [-0.25, -0.2) is 0 Å². The molecule has 1 aromatic rings. The SMILES string of the molecule is NC(=O)CCNCc1cnn(CCO)c1. The van der Waals surface area contributed by atoms with Crippen LogP contribution in [0.2, 0.25) is 0 Å². The maximum absolute atomic E-state index is 10.4. The Hall–Kier alpha value is -1.40. The highest BCUT2D eigenvalue weighted by Gasteiger charge is 1.98. The standard InChI is InChI=1S/C9H16N4O2/c10-9(15)1-2-11-5-8-6-12-13(7-8)3-4-14/h6-7,11,14H,1-5H2,(H2,10,15). The average molecular weight is 212 g/mol. The summed E-state index contributed by atoms with van der Waals surface area (Å²) in [4.78, 5) is 10.4. The minimum absolute atomic E-state index is 0.0796. The van der Waals surface area contributed by atoms with Crippen LogP contribution in [-0.4, -0.2) is 33.9 Å². The lowest BCUT2D eigenvalue weighted by Gasteiger charge is -1.99. The molecule has 4 N–H and O–H groups in total. The first-order valence-electron chi connectivity index (χ1n) is 4.83. The maximum Gasteiger partial charge on any atom is 0.218 e. The largest absolute Gasteiger partial charge is 0.394 e. The number of rotatable bonds is 7. The van der Waals surface area contributed by atoms with Crippen LogP contribution in [0.25, 0.3) is 0 Å². The summed E-state index contributed by atoms with van der Waals surface area (Å²) < 4.78 is 1.67. The van der Waals surface area contributed by atoms with E-state index in [2.05, 4.69) is 10.4 Å². The van der Waals surface area contributed by atoms with Gasteiger partial charge < -0.3 is 16.2 Å². The number of nitrogens with two attached hydrogens (primary N) is 1. The van der Waals surface area contributed by atoms with E-state index in [-0.39, 0.29) is 12.5 Å². The molecule has 6 heteroatoms.